The third-order valence-electron chi connectivity index (χ3n) is 4.20. The fraction of sp³-hybridized carbons (Fsp3) is 0.0909. The highest BCUT2D eigenvalue weighted by Crippen LogP contribution is 2.21. The van der Waals surface area contributed by atoms with Gasteiger partial charge in [0.15, 0.2) is 0 Å². The lowest BCUT2D eigenvalue weighted by Gasteiger charge is -2.12. The second kappa shape index (κ2) is 9.40. The molecular weight excluding hydrogens is 423 g/mol. The Bertz CT molecular complexity index is 1230. The number of anilines is 2. The summed E-state index contributed by atoms with van der Waals surface area (Å²) in [5.41, 5.74) is 0.224. The van der Waals surface area contributed by atoms with Gasteiger partial charge in [0, 0.05) is 5.56 Å². The molecule has 0 aliphatic heterocycles. The normalized spacial score (nSPS) is 10.9. The number of carbonyl (C=O) groups is 2. The number of hydrogen-bond donors (Lipinski definition) is 2. The largest absolute Gasteiger partial charge is 0.462 e. The number of hydrogen-bond acceptors (Lipinski definition) is 5. The third kappa shape index (κ3) is 5.26. The van der Waals surface area contributed by atoms with E-state index in [1.54, 1.807) is 19.1 Å². The predicted octanol–water partition coefficient (Wildman–Crippen LogP) is 4.06. The Hall–Kier alpha value is -3.72. The van der Waals surface area contributed by atoms with Crippen LogP contribution in [0.15, 0.2) is 77.7 Å². The van der Waals surface area contributed by atoms with Crippen molar-refractivity contribution >= 4 is 33.3 Å². The van der Waals surface area contributed by atoms with Crippen LogP contribution in [-0.2, 0) is 14.8 Å². The van der Waals surface area contributed by atoms with Crippen LogP contribution >= 0.6 is 0 Å². The highest BCUT2D eigenvalue weighted by atomic mass is 32.2. The molecule has 3 aromatic carbocycles. The number of ether oxygens (including phenoxy) is 1. The lowest BCUT2D eigenvalue weighted by Crippen LogP contribution is -2.18. The summed E-state index contributed by atoms with van der Waals surface area (Å²) in [5.74, 6) is -1.95. The Morgan fingerprint density at radius 2 is 1.61 bits per heavy atom. The van der Waals surface area contributed by atoms with Crippen LogP contribution in [0.25, 0.3) is 0 Å². The zero-order valence-corrected chi connectivity index (χ0v) is 17.3. The highest BCUT2D eigenvalue weighted by Gasteiger charge is 2.19. The summed E-state index contributed by atoms with van der Waals surface area (Å²) in [6.45, 7) is 1.84. The Morgan fingerprint density at radius 3 is 2.32 bits per heavy atom. The quantitative estimate of drug-likeness (QED) is 0.538. The smallest absolute Gasteiger partial charge is 0.340 e. The van der Waals surface area contributed by atoms with E-state index in [0.717, 1.165) is 12.1 Å². The van der Waals surface area contributed by atoms with Crippen LogP contribution in [0.2, 0.25) is 0 Å². The molecule has 2 N–H and O–H groups in total. The maximum Gasteiger partial charge on any atom is 0.340 e. The van der Waals surface area contributed by atoms with Crippen molar-refractivity contribution in [3.05, 3.63) is 89.7 Å². The molecule has 31 heavy (non-hydrogen) atoms. The van der Waals surface area contributed by atoms with Crippen LogP contribution in [0.1, 0.15) is 27.6 Å². The van der Waals surface area contributed by atoms with Gasteiger partial charge in [-0.05, 0) is 49.4 Å². The van der Waals surface area contributed by atoms with Gasteiger partial charge in [-0.25, -0.2) is 17.6 Å². The van der Waals surface area contributed by atoms with Crippen molar-refractivity contribution in [3.63, 3.8) is 0 Å². The molecule has 0 aromatic heterocycles. The van der Waals surface area contributed by atoms with Gasteiger partial charge in [0.25, 0.3) is 15.9 Å². The summed E-state index contributed by atoms with van der Waals surface area (Å²) >= 11 is 0. The molecule has 160 valence electrons. The number of halogens is 1. The Labute approximate surface area is 178 Å². The van der Waals surface area contributed by atoms with Gasteiger partial charge in [-0.15, -0.1) is 0 Å². The van der Waals surface area contributed by atoms with Crippen LogP contribution in [0.5, 0.6) is 0 Å². The molecular formula is C22H19FN2O5S. The Kier molecular flexibility index (Phi) is 6.66. The minimum atomic E-state index is -4.14. The predicted molar refractivity (Wildman–Crippen MR) is 114 cm³/mol. The number of carbonyl (C=O) groups excluding carboxylic acids is 2. The molecule has 0 bridgehead atoms. The van der Waals surface area contributed by atoms with Crippen molar-refractivity contribution in [3.8, 4) is 0 Å². The van der Waals surface area contributed by atoms with Gasteiger partial charge in [-0.2, -0.15) is 0 Å². The fourth-order valence-corrected chi connectivity index (χ4v) is 3.84. The van der Waals surface area contributed by atoms with Gasteiger partial charge >= 0.3 is 5.97 Å². The molecule has 7 nitrogen and oxygen atoms in total. The number of amides is 1. The summed E-state index contributed by atoms with van der Waals surface area (Å²) < 4.78 is 46.2. The molecule has 0 unspecified atom stereocenters. The summed E-state index contributed by atoms with van der Waals surface area (Å²) in [4.78, 5) is 24.6. The number of esters is 1. The lowest BCUT2D eigenvalue weighted by atomic mass is 10.1. The lowest BCUT2D eigenvalue weighted by molar-refractivity contribution is 0.0527. The SMILES string of the molecule is CCOC(=O)c1ccccc1NC(=O)c1cccc(S(=O)(=O)Nc2ccccc2F)c1. The van der Waals surface area contributed by atoms with Gasteiger partial charge in [0.1, 0.15) is 5.82 Å². The summed E-state index contributed by atoms with van der Waals surface area (Å²) in [6, 6.07) is 16.9. The average molecular weight is 442 g/mol. The van der Waals surface area contributed by atoms with E-state index in [2.05, 4.69) is 10.0 Å². The van der Waals surface area contributed by atoms with E-state index >= 15 is 0 Å². The van der Waals surface area contributed by atoms with Gasteiger partial charge in [-0.3, -0.25) is 9.52 Å². The number of para-hydroxylation sites is 2. The maximum atomic E-state index is 13.8. The molecule has 0 radical (unpaired) electrons. The highest BCUT2D eigenvalue weighted by molar-refractivity contribution is 7.92. The second-order valence-corrected chi connectivity index (χ2v) is 8.02. The number of benzene rings is 3. The van der Waals surface area contributed by atoms with Crippen molar-refractivity contribution in [2.24, 2.45) is 0 Å². The van der Waals surface area contributed by atoms with Crippen molar-refractivity contribution in [2.45, 2.75) is 11.8 Å². The monoisotopic (exact) mass is 442 g/mol. The van der Waals surface area contributed by atoms with E-state index in [1.807, 2.05) is 0 Å². The first kappa shape index (κ1) is 22.0. The van der Waals surface area contributed by atoms with Crippen molar-refractivity contribution in [1.82, 2.24) is 0 Å². The molecule has 0 heterocycles. The summed E-state index contributed by atoms with van der Waals surface area (Å²) in [6.07, 6.45) is 0. The molecule has 0 aliphatic rings. The van der Waals surface area contributed by atoms with E-state index in [0.29, 0.717) is 0 Å². The minimum Gasteiger partial charge on any atom is -0.462 e. The molecule has 9 heteroatoms. The first-order valence-electron chi connectivity index (χ1n) is 9.26. The first-order valence-corrected chi connectivity index (χ1v) is 10.7. The second-order valence-electron chi connectivity index (χ2n) is 6.33. The average Bonchev–Trinajstić information content (AvgIpc) is 2.76. The van der Waals surface area contributed by atoms with Crippen LogP contribution in [0.3, 0.4) is 0 Å². The van der Waals surface area contributed by atoms with Crippen LogP contribution < -0.4 is 10.0 Å². The third-order valence-corrected chi connectivity index (χ3v) is 5.56. The fourth-order valence-electron chi connectivity index (χ4n) is 2.73. The van der Waals surface area contributed by atoms with E-state index < -0.39 is 27.7 Å². The van der Waals surface area contributed by atoms with Gasteiger partial charge in [-0.1, -0.05) is 30.3 Å². The van der Waals surface area contributed by atoms with Crippen LogP contribution in [0.4, 0.5) is 15.8 Å². The van der Waals surface area contributed by atoms with E-state index in [4.69, 9.17) is 4.74 Å². The topological polar surface area (TPSA) is 102 Å². The standard InChI is InChI=1S/C22H19FN2O5S/c1-2-30-22(27)17-10-3-5-12-19(17)24-21(26)15-8-7-9-16(14-15)31(28,29)25-20-13-6-4-11-18(20)23/h3-14,25H,2H2,1H3,(H,24,26). The molecule has 0 saturated carbocycles. The Balaban J connectivity index is 1.85. The molecule has 0 fully saturated rings. The van der Waals surface area contributed by atoms with Crippen LogP contribution in [-0.4, -0.2) is 26.9 Å². The van der Waals surface area contributed by atoms with Crippen molar-refractivity contribution in [2.75, 3.05) is 16.6 Å². The Morgan fingerprint density at radius 1 is 0.935 bits per heavy atom. The number of rotatable bonds is 7. The molecule has 0 spiro atoms. The maximum absolute atomic E-state index is 13.8. The zero-order valence-electron chi connectivity index (χ0n) is 16.5. The van der Waals surface area contributed by atoms with Gasteiger partial charge < -0.3 is 10.1 Å². The minimum absolute atomic E-state index is 0.0371. The molecule has 3 aromatic rings. The molecule has 0 atom stereocenters. The van der Waals surface area contributed by atoms with Gasteiger partial charge in [0.05, 0.1) is 28.4 Å². The summed E-state index contributed by atoms with van der Waals surface area (Å²) in [5, 5.41) is 2.59. The van der Waals surface area contributed by atoms with E-state index in [1.165, 1.54) is 48.5 Å². The molecule has 0 saturated heterocycles. The number of sulfonamides is 1. The zero-order chi connectivity index (χ0) is 22.4. The van der Waals surface area contributed by atoms with E-state index in [9.17, 15) is 22.4 Å². The molecule has 3 rings (SSSR count). The van der Waals surface area contributed by atoms with Crippen molar-refractivity contribution in [1.29, 1.82) is 0 Å². The first-order chi connectivity index (χ1) is 14.8. The molecule has 0 aliphatic carbocycles. The van der Waals surface area contributed by atoms with Gasteiger partial charge in [0.2, 0.25) is 0 Å². The summed E-state index contributed by atoms with van der Waals surface area (Å²) in [7, 11) is -4.14. The molecule has 1 amide bonds. The van der Waals surface area contributed by atoms with Crippen LogP contribution in [0, 0.1) is 5.82 Å². The number of nitrogens with one attached hydrogen (secondary N) is 2. The van der Waals surface area contributed by atoms with Crippen molar-refractivity contribution < 1.29 is 27.1 Å². The van der Waals surface area contributed by atoms with E-state index in [-0.39, 0.29) is 34.0 Å².